The van der Waals surface area contributed by atoms with Crippen molar-refractivity contribution in [3.8, 4) is 0 Å². The predicted octanol–water partition coefficient (Wildman–Crippen LogP) is 0.237. The molecule has 1 atom stereocenters. The Hall–Kier alpha value is -0.570. The van der Waals surface area contributed by atoms with Crippen molar-refractivity contribution >= 4 is 5.91 Å². The number of carbonyl (C=O) groups excluding carboxylic acids is 1. The normalized spacial score (nSPS) is 24.2. The standard InChI is InChI=1S/C8H15NO2/c1-7(11)9-4-2-8(6-9)3-5-10/h8,10H,2-6H2,1H3/t8-/m0/s1. The van der Waals surface area contributed by atoms with E-state index in [1.54, 1.807) is 6.92 Å². The fourth-order valence-electron chi connectivity index (χ4n) is 1.54. The van der Waals surface area contributed by atoms with Crippen LogP contribution >= 0.6 is 0 Å². The van der Waals surface area contributed by atoms with Crippen molar-refractivity contribution < 1.29 is 9.90 Å². The van der Waals surface area contributed by atoms with Gasteiger partial charge in [-0.2, -0.15) is 0 Å². The van der Waals surface area contributed by atoms with Crippen molar-refractivity contribution in [3.63, 3.8) is 0 Å². The van der Waals surface area contributed by atoms with Gasteiger partial charge < -0.3 is 10.0 Å². The SMILES string of the molecule is CC(=O)N1CC[C@@H](CCO)C1. The van der Waals surface area contributed by atoms with Gasteiger partial charge in [0.15, 0.2) is 0 Å². The predicted molar refractivity (Wildman–Crippen MR) is 42.1 cm³/mol. The van der Waals surface area contributed by atoms with Crippen molar-refractivity contribution in [1.29, 1.82) is 0 Å². The summed E-state index contributed by atoms with van der Waals surface area (Å²) in [6.45, 7) is 3.56. The molecule has 1 fully saturated rings. The first kappa shape index (κ1) is 8.53. The van der Waals surface area contributed by atoms with Gasteiger partial charge in [-0.05, 0) is 18.8 Å². The molecule has 0 radical (unpaired) electrons. The Bertz CT molecular complexity index is 147. The molecule has 1 rings (SSSR count). The third-order valence-electron chi connectivity index (χ3n) is 2.27. The Morgan fingerprint density at radius 2 is 2.45 bits per heavy atom. The summed E-state index contributed by atoms with van der Waals surface area (Å²) < 4.78 is 0. The molecule has 3 heteroatoms. The molecule has 3 nitrogen and oxygen atoms in total. The van der Waals surface area contributed by atoms with Crippen LogP contribution in [0.5, 0.6) is 0 Å². The quantitative estimate of drug-likeness (QED) is 0.623. The molecule has 1 N–H and O–H groups in total. The van der Waals surface area contributed by atoms with Crippen molar-refractivity contribution in [1.82, 2.24) is 4.90 Å². The van der Waals surface area contributed by atoms with Crippen LogP contribution in [0.2, 0.25) is 0 Å². The van der Waals surface area contributed by atoms with E-state index in [0.717, 1.165) is 25.9 Å². The van der Waals surface area contributed by atoms with E-state index in [4.69, 9.17) is 5.11 Å². The fraction of sp³-hybridized carbons (Fsp3) is 0.875. The van der Waals surface area contributed by atoms with Crippen LogP contribution in [0.4, 0.5) is 0 Å². The molecule has 1 aliphatic rings. The summed E-state index contributed by atoms with van der Waals surface area (Å²) in [5, 5.41) is 8.65. The van der Waals surface area contributed by atoms with Crippen LogP contribution in [0.15, 0.2) is 0 Å². The van der Waals surface area contributed by atoms with E-state index in [-0.39, 0.29) is 12.5 Å². The van der Waals surface area contributed by atoms with Gasteiger partial charge in [-0.1, -0.05) is 0 Å². The first-order chi connectivity index (χ1) is 5.24. The summed E-state index contributed by atoms with van der Waals surface area (Å²) in [6.07, 6.45) is 1.89. The van der Waals surface area contributed by atoms with Gasteiger partial charge in [0.2, 0.25) is 5.91 Å². The number of hydrogen-bond acceptors (Lipinski definition) is 2. The molecule has 1 amide bonds. The first-order valence-electron chi connectivity index (χ1n) is 4.10. The summed E-state index contributed by atoms with van der Waals surface area (Å²) in [4.78, 5) is 12.7. The average Bonchev–Trinajstić information content (AvgIpc) is 2.37. The van der Waals surface area contributed by atoms with Gasteiger partial charge in [-0.25, -0.2) is 0 Å². The minimum Gasteiger partial charge on any atom is -0.396 e. The molecule has 1 heterocycles. The Morgan fingerprint density at radius 3 is 2.91 bits per heavy atom. The summed E-state index contributed by atoms with van der Waals surface area (Å²) in [5.74, 6) is 0.689. The average molecular weight is 157 g/mol. The zero-order chi connectivity index (χ0) is 8.27. The number of rotatable bonds is 2. The summed E-state index contributed by atoms with van der Waals surface area (Å²) in [7, 11) is 0. The van der Waals surface area contributed by atoms with Gasteiger partial charge in [0, 0.05) is 26.6 Å². The largest absolute Gasteiger partial charge is 0.396 e. The number of aliphatic hydroxyl groups is 1. The van der Waals surface area contributed by atoms with Crippen molar-refractivity contribution in [2.75, 3.05) is 19.7 Å². The molecular weight excluding hydrogens is 142 g/mol. The maximum Gasteiger partial charge on any atom is 0.219 e. The number of likely N-dealkylation sites (tertiary alicyclic amines) is 1. The maximum atomic E-state index is 10.9. The van der Waals surface area contributed by atoms with Gasteiger partial charge in [0.1, 0.15) is 0 Å². The van der Waals surface area contributed by atoms with E-state index in [1.807, 2.05) is 4.90 Å². The molecule has 0 aliphatic carbocycles. The van der Waals surface area contributed by atoms with Crippen LogP contribution in [0.1, 0.15) is 19.8 Å². The highest BCUT2D eigenvalue weighted by atomic mass is 16.3. The number of aliphatic hydroxyl groups excluding tert-OH is 1. The van der Waals surface area contributed by atoms with E-state index in [0.29, 0.717) is 5.92 Å². The fourth-order valence-corrected chi connectivity index (χ4v) is 1.54. The Labute approximate surface area is 67.0 Å². The lowest BCUT2D eigenvalue weighted by atomic mass is 10.1. The third kappa shape index (κ3) is 2.19. The smallest absolute Gasteiger partial charge is 0.219 e. The van der Waals surface area contributed by atoms with Gasteiger partial charge in [-0.3, -0.25) is 4.79 Å². The second-order valence-corrected chi connectivity index (χ2v) is 3.13. The van der Waals surface area contributed by atoms with Gasteiger partial charge >= 0.3 is 0 Å². The van der Waals surface area contributed by atoms with E-state index < -0.39 is 0 Å². The van der Waals surface area contributed by atoms with E-state index in [2.05, 4.69) is 0 Å². The molecule has 11 heavy (non-hydrogen) atoms. The zero-order valence-corrected chi connectivity index (χ0v) is 6.92. The Morgan fingerprint density at radius 1 is 1.73 bits per heavy atom. The van der Waals surface area contributed by atoms with Crippen LogP contribution in [-0.2, 0) is 4.79 Å². The monoisotopic (exact) mass is 157 g/mol. The lowest BCUT2D eigenvalue weighted by Crippen LogP contribution is -2.25. The Balaban J connectivity index is 2.29. The summed E-state index contributed by atoms with van der Waals surface area (Å²) >= 11 is 0. The zero-order valence-electron chi connectivity index (χ0n) is 6.92. The van der Waals surface area contributed by atoms with Crippen molar-refractivity contribution in [3.05, 3.63) is 0 Å². The number of carbonyl (C=O) groups is 1. The maximum absolute atomic E-state index is 10.9. The van der Waals surface area contributed by atoms with Crippen LogP contribution in [0, 0.1) is 5.92 Å². The summed E-state index contributed by atoms with van der Waals surface area (Å²) in [5.41, 5.74) is 0. The van der Waals surface area contributed by atoms with Crippen LogP contribution in [-0.4, -0.2) is 35.6 Å². The molecule has 0 aromatic rings. The number of nitrogens with zero attached hydrogens (tertiary/aromatic N) is 1. The molecule has 0 spiro atoms. The molecule has 1 aliphatic heterocycles. The second-order valence-electron chi connectivity index (χ2n) is 3.13. The molecular formula is C8H15NO2. The van der Waals surface area contributed by atoms with E-state index in [9.17, 15) is 4.79 Å². The molecule has 0 unspecified atom stereocenters. The third-order valence-corrected chi connectivity index (χ3v) is 2.27. The number of hydrogen-bond donors (Lipinski definition) is 1. The molecule has 1 saturated heterocycles. The van der Waals surface area contributed by atoms with Gasteiger partial charge in [0.25, 0.3) is 0 Å². The van der Waals surface area contributed by atoms with Crippen LogP contribution in [0.25, 0.3) is 0 Å². The minimum atomic E-state index is 0.158. The lowest BCUT2D eigenvalue weighted by Gasteiger charge is -2.12. The topological polar surface area (TPSA) is 40.5 Å². The first-order valence-corrected chi connectivity index (χ1v) is 4.10. The summed E-state index contributed by atoms with van der Waals surface area (Å²) in [6, 6.07) is 0. The van der Waals surface area contributed by atoms with E-state index in [1.165, 1.54) is 0 Å². The van der Waals surface area contributed by atoms with Crippen LogP contribution < -0.4 is 0 Å². The molecule has 0 saturated carbocycles. The highest BCUT2D eigenvalue weighted by molar-refractivity contribution is 5.73. The highest BCUT2D eigenvalue weighted by Gasteiger charge is 2.22. The molecule has 0 bridgehead atoms. The van der Waals surface area contributed by atoms with Gasteiger partial charge in [-0.15, -0.1) is 0 Å². The lowest BCUT2D eigenvalue weighted by molar-refractivity contribution is -0.127. The molecule has 0 aromatic heterocycles. The Kier molecular flexibility index (Phi) is 2.88. The van der Waals surface area contributed by atoms with Crippen molar-refractivity contribution in [2.45, 2.75) is 19.8 Å². The van der Waals surface area contributed by atoms with Crippen LogP contribution in [0.3, 0.4) is 0 Å². The van der Waals surface area contributed by atoms with Crippen molar-refractivity contribution in [2.24, 2.45) is 5.92 Å². The second kappa shape index (κ2) is 3.72. The minimum absolute atomic E-state index is 0.158. The highest BCUT2D eigenvalue weighted by Crippen LogP contribution is 2.18. The van der Waals surface area contributed by atoms with E-state index >= 15 is 0 Å². The molecule has 64 valence electrons. The van der Waals surface area contributed by atoms with Gasteiger partial charge in [0.05, 0.1) is 0 Å². The molecule has 0 aromatic carbocycles. The number of amides is 1.